The standard InChI is InChI=1S/C26H29N3O2/c1-2-21-8-11-24(12-9-21)26(31)29-18-14-22(15-19-29)6-3-4-17-28-25(30)13-10-23-7-5-16-27-20-23/h1,5,7-13,16,20,22H,3-4,6,14-15,17-19H2,(H,28,30). The number of unbranched alkanes of at least 4 members (excludes halogenated alkanes) is 1. The number of piperidine rings is 1. The summed E-state index contributed by atoms with van der Waals surface area (Å²) >= 11 is 0. The number of likely N-dealkylation sites (tertiary alicyclic amines) is 1. The zero-order valence-electron chi connectivity index (χ0n) is 17.8. The number of nitrogens with one attached hydrogen (secondary N) is 1. The van der Waals surface area contributed by atoms with Crippen LogP contribution >= 0.6 is 0 Å². The lowest BCUT2D eigenvalue weighted by Gasteiger charge is -2.32. The lowest BCUT2D eigenvalue weighted by atomic mass is 9.91. The van der Waals surface area contributed by atoms with Crippen LogP contribution in [0.1, 0.15) is 53.6 Å². The van der Waals surface area contributed by atoms with Gasteiger partial charge >= 0.3 is 0 Å². The first-order chi connectivity index (χ1) is 15.2. The van der Waals surface area contributed by atoms with Crippen molar-refractivity contribution in [3.8, 4) is 12.3 Å². The lowest BCUT2D eigenvalue weighted by molar-refractivity contribution is -0.116. The molecular formula is C26H29N3O2. The normalized spacial score (nSPS) is 14.4. The molecule has 5 heteroatoms. The molecule has 1 aromatic heterocycles. The maximum Gasteiger partial charge on any atom is 0.253 e. The first kappa shape index (κ1) is 22.3. The summed E-state index contributed by atoms with van der Waals surface area (Å²) in [4.78, 5) is 30.5. The van der Waals surface area contributed by atoms with Crippen molar-refractivity contribution in [2.24, 2.45) is 5.92 Å². The summed E-state index contributed by atoms with van der Waals surface area (Å²) in [5, 5.41) is 2.93. The molecular weight excluding hydrogens is 386 g/mol. The maximum atomic E-state index is 12.6. The quantitative estimate of drug-likeness (QED) is 0.404. The number of nitrogens with zero attached hydrogens (tertiary/aromatic N) is 2. The highest BCUT2D eigenvalue weighted by Crippen LogP contribution is 2.23. The predicted octanol–water partition coefficient (Wildman–Crippen LogP) is 3.92. The van der Waals surface area contributed by atoms with Crippen LogP contribution in [0.25, 0.3) is 6.08 Å². The SMILES string of the molecule is C#Cc1ccc(C(=O)N2CCC(CCCCNC(=O)C=Cc3cccnc3)CC2)cc1. The molecule has 0 aliphatic carbocycles. The van der Waals surface area contributed by atoms with Gasteiger partial charge in [0.05, 0.1) is 0 Å². The number of hydrogen-bond acceptors (Lipinski definition) is 3. The fraction of sp³-hybridized carbons (Fsp3) is 0.346. The highest BCUT2D eigenvalue weighted by atomic mass is 16.2. The molecule has 1 aliphatic rings. The Balaban J connectivity index is 1.29. The Morgan fingerprint density at radius 2 is 1.94 bits per heavy atom. The van der Waals surface area contributed by atoms with E-state index < -0.39 is 0 Å². The molecule has 5 nitrogen and oxygen atoms in total. The van der Waals surface area contributed by atoms with E-state index in [4.69, 9.17) is 6.42 Å². The Hall–Kier alpha value is -3.39. The van der Waals surface area contributed by atoms with Crippen LogP contribution < -0.4 is 5.32 Å². The van der Waals surface area contributed by atoms with Crippen molar-refractivity contribution in [3.63, 3.8) is 0 Å². The van der Waals surface area contributed by atoms with Gasteiger partial charge < -0.3 is 10.2 Å². The van der Waals surface area contributed by atoms with Crippen LogP contribution in [0.3, 0.4) is 0 Å². The molecule has 0 saturated carbocycles. The monoisotopic (exact) mass is 415 g/mol. The molecule has 2 aromatic rings. The van der Waals surface area contributed by atoms with Gasteiger partial charge in [0, 0.05) is 49.2 Å². The van der Waals surface area contributed by atoms with Gasteiger partial charge in [0.2, 0.25) is 5.91 Å². The van der Waals surface area contributed by atoms with Crippen molar-refractivity contribution in [1.29, 1.82) is 0 Å². The van der Waals surface area contributed by atoms with Crippen molar-refractivity contribution in [2.45, 2.75) is 32.1 Å². The number of amides is 2. The largest absolute Gasteiger partial charge is 0.353 e. The number of carbonyl (C=O) groups is 2. The first-order valence-electron chi connectivity index (χ1n) is 10.9. The Kier molecular flexibility index (Phi) is 8.42. The zero-order chi connectivity index (χ0) is 21.9. The highest BCUT2D eigenvalue weighted by molar-refractivity contribution is 5.94. The molecule has 0 spiro atoms. The molecule has 1 aliphatic heterocycles. The molecule has 2 amide bonds. The molecule has 1 fully saturated rings. The number of terminal acetylenes is 1. The lowest BCUT2D eigenvalue weighted by Crippen LogP contribution is -2.38. The van der Waals surface area contributed by atoms with Crippen LogP contribution in [0.4, 0.5) is 0 Å². The maximum absolute atomic E-state index is 12.6. The van der Waals surface area contributed by atoms with Crippen LogP contribution in [-0.4, -0.2) is 41.3 Å². The predicted molar refractivity (Wildman–Crippen MR) is 123 cm³/mol. The van der Waals surface area contributed by atoms with Crippen LogP contribution in [0, 0.1) is 18.3 Å². The fourth-order valence-corrected chi connectivity index (χ4v) is 3.79. The second-order valence-corrected chi connectivity index (χ2v) is 7.86. The Bertz CT molecular complexity index is 921. The Morgan fingerprint density at radius 1 is 1.16 bits per heavy atom. The molecule has 1 N–H and O–H groups in total. The number of rotatable bonds is 8. The highest BCUT2D eigenvalue weighted by Gasteiger charge is 2.23. The van der Waals surface area contributed by atoms with E-state index in [2.05, 4.69) is 16.2 Å². The average molecular weight is 416 g/mol. The number of carbonyl (C=O) groups excluding carboxylic acids is 2. The topological polar surface area (TPSA) is 62.3 Å². The summed E-state index contributed by atoms with van der Waals surface area (Å²) in [6.45, 7) is 2.29. The van der Waals surface area contributed by atoms with Gasteiger partial charge in [-0.3, -0.25) is 14.6 Å². The summed E-state index contributed by atoms with van der Waals surface area (Å²) < 4.78 is 0. The third-order valence-electron chi connectivity index (χ3n) is 5.65. The van der Waals surface area contributed by atoms with Crippen molar-refractivity contribution in [2.75, 3.05) is 19.6 Å². The van der Waals surface area contributed by atoms with E-state index in [1.54, 1.807) is 24.5 Å². The molecule has 0 atom stereocenters. The number of aromatic nitrogens is 1. The zero-order valence-corrected chi connectivity index (χ0v) is 17.8. The van der Waals surface area contributed by atoms with E-state index in [9.17, 15) is 9.59 Å². The van der Waals surface area contributed by atoms with Crippen LogP contribution in [0.5, 0.6) is 0 Å². The third-order valence-corrected chi connectivity index (χ3v) is 5.65. The molecule has 0 radical (unpaired) electrons. The first-order valence-corrected chi connectivity index (χ1v) is 10.9. The smallest absolute Gasteiger partial charge is 0.253 e. The van der Waals surface area contributed by atoms with Crippen molar-refractivity contribution in [3.05, 3.63) is 71.6 Å². The van der Waals surface area contributed by atoms with E-state index in [0.717, 1.165) is 56.3 Å². The summed E-state index contributed by atoms with van der Waals surface area (Å²) in [6.07, 6.45) is 17.4. The molecule has 2 heterocycles. The number of pyridine rings is 1. The summed E-state index contributed by atoms with van der Waals surface area (Å²) in [6, 6.07) is 11.0. The molecule has 1 saturated heterocycles. The Morgan fingerprint density at radius 3 is 2.61 bits per heavy atom. The van der Waals surface area contributed by atoms with Crippen molar-refractivity contribution >= 4 is 17.9 Å². The van der Waals surface area contributed by atoms with E-state index >= 15 is 0 Å². The minimum Gasteiger partial charge on any atom is -0.353 e. The molecule has 160 valence electrons. The summed E-state index contributed by atoms with van der Waals surface area (Å²) in [7, 11) is 0. The molecule has 0 bridgehead atoms. The molecule has 0 unspecified atom stereocenters. The van der Waals surface area contributed by atoms with E-state index in [1.165, 1.54) is 0 Å². The van der Waals surface area contributed by atoms with Crippen molar-refractivity contribution < 1.29 is 9.59 Å². The van der Waals surface area contributed by atoms with E-state index in [0.29, 0.717) is 18.0 Å². The summed E-state index contributed by atoms with van der Waals surface area (Å²) in [5.41, 5.74) is 2.40. The van der Waals surface area contributed by atoms with Gasteiger partial charge in [0.15, 0.2) is 0 Å². The molecule has 1 aromatic carbocycles. The van der Waals surface area contributed by atoms with Crippen LogP contribution in [0.2, 0.25) is 0 Å². The van der Waals surface area contributed by atoms with E-state index in [1.807, 2.05) is 41.3 Å². The van der Waals surface area contributed by atoms with Gasteiger partial charge in [-0.15, -0.1) is 6.42 Å². The molecule has 31 heavy (non-hydrogen) atoms. The van der Waals surface area contributed by atoms with Crippen LogP contribution in [0.15, 0.2) is 54.9 Å². The van der Waals surface area contributed by atoms with Crippen molar-refractivity contribution in [1.82, 2.24) is 15.2 Å². The van der Waals surface area contributed by atoms with Gasteiger partial charge in [-0.1, -0.05) is 24.8 Å². The van der Waals surface area contributed by atoms with E-state index in [-0.39, 0.29) is 11.8 Å². The third kappa shape index (κ3) is 7.11. The number of benzene rings is 1. The van der Waals surface area contributed by atoms with Gasteiger partial charge in [0.1, 0.15) is 0 Å². The van der Waals surface area contributed by atoms with Crippen LogP contribution in [-0.2, 0) is 4.79 Å². The van der Waals surface area contributed by atoms with Gasteiger partial charge in [-0.25, -0.2) is 0 Å². The molecule has 3 rings (SSSR count). The number of hydrogen-bond donors (Lipinski definition) is 1. The van der Waals surface area contributed by atoms with Gasteiger partial charge in [-0.05, 0) is 67.2 Å². The Labute approximate surface area is 184 Å². The average Bonchev–Trinajstić information content (AvgIpc) is 2.83. The van der Waals surface area contributed by atoms with Gasteiger partial charge in [-0.2, -0.15) is 0 Å². The fourth-order valence-electron chi connectivity index (χ4n) is 3.79. The summed E-state index contributed by atoms with van der Waals surface area (Å²) in [5.74, 6) is 3.23. The second-order valence-electron chi connectivity index (χ2n) is 7.86. The minimum atomic E-state index is -0.0778. The van der Waals surface area contributed by atoms with Gasteiger partial charge in [0.25, 0.3) is 5.91 Å². The second kappa shape index (κ2) is 11.7. The minimum absolute atomic E-state index is 0.0778.